The molecule has 0 radical (unpaired) electrons. The fraction of sp³-hybridized carbons (Fsp3) is 0.278. The number of amides is 1. The van der Waals surface area contributed by atoms with Crippen molar-refractivity contribution in [2.75, 3.05) is 5.01 Å². The number of nitrogens with zero attached hydrogens (tertiary/aromatic N) is 1. The first kappa shape index (κ1) is 15.9. The van der Waals surface area contributed by atoms with Crippen LogP contribution in [0.4, 0.5) is 16.2 Å². The first-order valence-electron chi connectivity index (χ1n) is 7.27. The second kappa shape index (κ2) is 6.52. The molecule has 2 rings (SSSR count). The Labute approximate surface area is 131 Å². The van der Waals surface area contributed by atoms with Gasteiger partial charge in [-0.05, 0) is 52.0 Å². The van der Waals surface area contributed by atoms with Crippen molar-refractivity contribution in [3.8, 4) is 0 Å². The molecule has 4 heteroatoms. The molecule has 0 unspecified atom stereocenters. The van der Waals surface area contributed by atoms with Crippen LogP contribution in [-0.2, 0) is 4.74 Å². The molecule has 22 heavy (non-hydrogen) atoms. The van der Waals surface area contributed by atoms with Crippen molar-refractivity contribution in [2.45, 2.75) is 33.3 Å². The normalized spacial score (nSPS) is 10.9. The van der Waals surface area contributed by atoms with Crippen LogP contribution in [0.5, 0.6) is 0 Å². The Morgan fingerprint density at radius 3 is 2.05 bits per heavy atom. The van der Waals surface area contributed by atoms with E-state index >= 15 is 0 Å². The molecule has 2 aromatic rings. The minimum Gasteiger partial charge on any atom is -0.443 e. The lowest BCUT2D eigenvalue weighted by molar-refractivity contribution is 0.0528. The summed E-state index contributed by atoms with van der Waals surface area (Å²) in [5, 5.41) is 1.72. The van der Waals surface area contributed by atoms with Gasteiger partial charge in [-0.25, -0.2) is 10.2 Å². The highest BCUT2D eigenvalue weighted by molar-refractivity contribution is 5.75. The van der Waals surface area contributed by atoms with E-state index in [0.717, 1.165) is 16.9 Å². The summed E-state index contributed by atoms with van der Waals surface area (Å²) in [4.78, 5) is 12.1. The standard InChI is InChI=1S/C18H22N2O2/c1-14-10-12-16(13-11-14)20(15-8-6-5-7-9-15)19-17(21)22-18(2,3)4/h5-13H,1-4H3,(H,19,21). The number of para-hydroxylation sites is 1. The van der Waals surface area contributed by atoms with E-state index in [4.69, 9.17) is 4.74 Å². The molecule has 0 fully saturated rings. The van der Waals surface area contributed by atoms with Crippen molar-refractivity contribution in [3.63, 3.8) is 0 Å². The maximum Gasteiger partial charge on any atom is 0.426 e. The molecule has 0 atom stereocenters. The summed E-state index contributed by atoms with van der Waals surface area (Å²) in [5.41, 5.74) is 5.14. The van der Waals surface area contributed by atoms with Gasteiger partial charge < -0.3 is 4.74 Å². The fourth-order valence-corrected chi connectivity index (χ4v) is 1.94. The Bertz CT molecular complexity index is 616. The third kappa shape index (κ3) is 4.52. The van der Waals surface area contributed by atoms with Crippen molar-refractivity contribution >= 4 is 17.5 Å². The van der Waals surface area contributed by atoms with Gasteiger partial charge in [-0.15, -0.1) is 0 Å². The molecule has 1 N–H and O–H groups in total. The molecule has 0 aliphatic carbocycles. The Morgan fingerprint density at radius 1 is 0.955 bits per heavy atom. The Kier molecular flexibility index (Phi) is 4.71. The molecule has 0 saturated heterocycles. The number of hydrogen-bond acceptors (Lipinski definition) is 3. The van der Waals surface area contributed by atoms with Gasteiger partial charge in [-0.2, -0.15) is 0 Å². The van der Waals surface area contributed by atoms with Gasteiger partial charge in [-0.3, -0.25) is 5.01 Å². The molecule has 0 bridgehead atoms. The molecular formula is C18H22N2O2. The number of nitrogens with one attached hydrogen (secondary N) is 1. The van der Waals surface area contributed by atoms with Crippen LogP contribution < -0.4 is 10.4 Å². The van der Waals surface area contributed by atoms with Gasteiger partial charge in [0, 0.05) is 0 Å². The lowest BCUT2D eigenvalue weighted by Crippen LogP contribution is -2.42. The van der Waals surface area contributed by atoms with Gasteiger partial charge in [0.15, 0.2) is 0 Å². The predicted molar refractivity (Wildman–Crippen MR) is 89.1 cm³/mol. The van der Waals surface area contributed by atoms with Gasteiger partial charge in [-0.1, -0.05) is 35.9 Å². The van der Waals surface area contributed by atoms with Crippen LogP contribution in [0.25, 0.3) is 0 Å². The second-order valence-corrected chi connectivity index (χ2v) is 6.12. The predicted octanol–water partition coefficient (Wildman–Crippen LogP) is 4.57. The van der Waals surface area contributed by atoms with Gasteiger partial charge in [0.1, 0.15) is 5.60 Å². The third-order valence-corrected chi connectivity index (χ3v) is 2.91. The van der Waals surface area contributed by atoms with Crippen molar-refractivity contribution < 1.29 is 9.53 Å². The summed E-state index contributed by atoms with van der Waals surface area (Å²) in [6.07, 6.45) is -0.489. The van der Waals surface area contributed by atoms with Gasteiger partial charge in [0.25, 0.3) is 0 Å². The quantitative estimate of drug-likeness (QED) is 0.844. The van der Waals surface area contributed by atoms with Crippen LogP contribution in [0, 0.1) is 6.92 Å². The minimum absolute atomic E-state index is 0.489. The molecule has 0 aliphatic rings. The zero-order valence-corrected chi connectivity index (χ0v) is 13.5. The molecule has 4 nitrogen and oxygen atoms in total. The van der Waals surface area contributed by atoms with E-state index < -0.39 is 11.7 Å². The van der Waals surface area contributed by atoms with Crippen LogP contribution in [-0.4, -0.2) is 11.7 Å². The number of hydrazine groups is 1. The lowest BCUT2D eigenvalue weighted by atomic mass is 10.2. The molecule has 0 aliphatic heterocycles. The first-order chi connectivity index (χ1) is 10.3. The second-order valence-electron chi connectivity index (χ2n) is 6.12. The average Bonchev–Trinajstić information content (AvgIpc) is 2.45. The van der Waals surface area contributed by atoms with Crippen molar-refractivity contribution in [2.24, 2.45) is 0 Å². The largest absolute Gasteiger partial charge is 0.443 e. The number of benzene rings is 2. The van der Waals surface area contributed by atoms with E-state index in [1.807, 2.05) is 82.3 Å². The van der Waals surface area contributed by atoms with Crippen LogP contribution in [0.15, 0.2) is 54.6 Å². The number of aryl methyl sites for hydroxylation is 1. The number of carbonyl (C=O) groups is 1. The Balaban J connectivity index is 2.26. The van der Waals surface area contributed by atoms with E-state index in [0.29, 0.717) is 0 Å². The Hall–Kier alpha value is -2.49. The summed E-state index contributed by atoms with van der Waals surface area (Å²) in [7, 11) is 0. The number of ether oxygens (including phenoxy) is 1. The monoisotopic (exact) mass is 298 g/mol. The van der Waals surface area contributed by atoms with Crippen LogP contribution in [0.2, 0.25) is 0 Å². The van der Waals surface area contributed by atoms with Crippen LogP contribution in [0.3, 0.4) is 0 Å². The molecule has 1 amide bonds. The Morgan fingerprint density at radius 2 is 1.50 bits per heavy atom. The summed E-state index contributed by atoms with van der Waals surface area (Å²) < 4.78 is 5.34. The maximum atomic E-state index is 12.1. The maximum absolute atomic E-state index is 12.1. The molecule has 0 heterocycles. The van der Waals surface area contributed by atoms with E-state index in [9.17, 15) is 4.79 Å². The van der Waals surface area contributed by atoms with E-state index in [1.165, 1.54) is 0 Å². The lowest BCUT2D eigenvalue weighted by Gasteiger charge is -2.27. The summed E-state index contributed by atoms with van der Waals surface area (Å²) in [6, 6.07) is 17.6. The highest BCUT2D eigenvalue weighted by atomic mass is 16.6. The smallest absolute Gasteiger partial charge is 0.426 e. The molecule has 116 valence electrons. The number of hydrogen-bond donors (Lipinski definition) is 1. The molecule has 2 aromatic carbocycles. The van der Waals surface area contributed by atoms with Crippen LogP contribution in [0.1, 0.15) is 26.3 Å². The first-order valence-corrected chi connectivity index (χ1v) is 7.27. The zero-order chi connectivity index (χ0) is 16.2. The highest BCUT2D eigenvalue weighted by Gasteiger charge is 2.19. The van der Waals surface area contributed by atoms with Crippen LogP contribution >= 0.6 is 0 Å². The third-order valence-electron chi connectivity index (χ3n) is 2.91. The molecule has 0 spiro atoms. The van der Waals surface area contributed by atoms with Crippen molar-refractivity contribution in [3.05, 3.63) is 60.2 Å². The van der Waals surface area contributed by atoms with Crippen molar-refractivity contribution in [1.82, 2.24) is 5.43 Å². The number of rotatable bonds is 3. The number of carbonyl (C=O) groups excluding carboxylic acids is 1. The molecular weight excluding hydrogens is 276 g/mol. The summed E-state index contributed by atoms with van der Waals surface area (Å²) in [5.74, 6) is 0. The molecule has 0 aromatic heterocycles. The molecule has 0 saturated carbocycles. The number of anilines is 2. The van der Waals surface area contributed by atoms with E-state index in [-0.39, 0.29) is 0 Å². The van der Waals surface area contributed by atoms with E-state index in [2.05, 4.69) is 5.43 Å². The van der Waals surface area contributed by atoms with Gasteiger partial charge in [0.05, 0.1) is 11.4 Å². The van der Waals surface area contributed by atoms with Gasteiger partial charge in [0.2, 0.25) is 0 Å². The zero-order valence-electron chi connectivity index (χ0n) is 13.5. The van der Waals surface area contributed by atoms with Gasteiger partial charge >= 0.3 is 6.09 Å². The fourth-order valence-electron chi connectivity index (χ4n) is 1.94. The average molecular weight is 298 g/mol. The minimum atomic E-state index is -0.542. The van der Waals surface area contributed by atoms with Crippen molar-refractivity contribution in [1.29, 1.82) is 0 Å². The summed E-state index contributed by atoms with van der Waals surface area (Å²) in [6.45, 7) is 7.54. The summed E-state index contributed by atoms with van der Waals surface area (Å²) >= 11 is 0. The SMILES string of the molecule is Cc1ccc(N(NC(=O)OC(C)(C)C)c2ccccc2)cc1. The highest BCUT2D eigenvalue weighted by Crippen LogP contribution is 2.23. The topological polar surface area (TPSA) is 41.6 Å². The van der Waals surface area contributed by atoms with E-state index in [1.54, 1.807) is 5.01 Å².